The summed E-state index contributed by atoms with van der Waals surface area (Å²) < 4.78 is 5.66. The van der Waals surface area contributed by atoms with E-state index in [2.05, 4.69) is 5.32 Å². The van der Waals surface area contributed by atoms with Crippen LogP contribution < -0.4 is 11.1 Å². The van der Waals surface area contributed by atoms with Gasteiger partial charge >= 0.3 is 6.09 Å². The molecule has 0 saturated heterocycles. The molecular weight excluding hydrogens is 268 g/mol. The number of anilines is 2. The lowest BCUT2D eigenvalue weighted by molar-refractivity contribution is 0.209. The fourth-order valence-corrected chi connectivity index (χ4v) is 2.30. The smallest absolute Gasteiger partial charge is 0.409 e. The number of nitrogens with two attached hydrogens (primary N) is 1. The molecule has 1 heterocycles. The number of carbonyl (C=O) groups is 1. The van der Waals surface area contributed by atoms with E-state index >= 15 is 0 Å². The fourth-order valence-electron chi connectivity index (χ4n) is 2.10. The van der Waals surface area contributed by atoms with Gasteiger partial charge in [-0.15, -0.1) is 0 Å². The summed E-state index contributed by atoms with van der Waals surface area (Å²) in [5.41, 5.74) is 7.61. The van der Waals surface area contributed by atoms with Crippen molar-refractivity contribution in [1.29, 1.82) is 0 Å². The van der Waals surface area contributed by atoms with Gasteiger partial charge in [0.15, 0.2) is 5.58 Å². The Hall–Kier alpha value is -2.40. The fraction of sp³-hybridized carbons (Fsp3) is 0. The molecule has 0 unspecified atom stereocenters. The summed E-state index contributed by atoms with van der Waals surface area (Å²) in [4.78, 5) is 10.8. The maximum absolute atomic E-state index is 10.8. The van der Waals surface area contributed by atoms with Gasteiger partial charge in [0.25, 0.3) is 0 Å². The summed E-state index contributed by atoms with van der Waals surface area (Å²) in [6, 6.07) is 8.75. The maximum Gasteiger partial charge on any atom is 0.409 e. The number of nitrogens with one attached hydrogen (secondary N) is 1. The summed E-state index contributed by atoms with van der Waals surface area (Å²) in [6.45, 7) is 0. The predicted octanol–water partition coefficient (Wildman–Crippen LogP) is 3.91. The highest BCUT2D eigenvalue weighted by atomic mass is 35.5. The second-order valence-corrected chi connectivity index (χ2v) is 4.46. The molecule has 0 bridgehead atoms. The van der Waals surface area contributed by atoms with Gasteiger partial charge in [0.05, 0.1) is 21.8 Å². The number of para-hydroxylation sites is 1. The third-order valence-electron chi connectivity index (χ3n) is 2.88. The minimum Gasteiger partial charge on any atom is -0.465 e. The van der Waals surface area contributed by atoms with Gasteiger partial charge in [0.2, 0.25) is 0 Å². The van der Waals surface area contributed by atoms with Crippen LogP contribution in [0.25, 0.3) is 21.9 Å². The summed E-state index contributed by atoms with van der Waals surface area (Å²) >= 11 is 6.03. The SMILES string of the molecule is Nc1c(Cl)cc(NC(=O)O)c2oc3ccccc3c12. The molecule has 19 heavy (non-hydrogen) atoms. The van der Waals surface area contributed by atoms with Crippen molar-refractivity contribution in [2.75, 3.05) is 11.1 Å². The second-order valence-electron chi connectivity index (χ2n) is 4.05. The number of amides is 1. The average Bonchev–Trinajstić information content (AvgIpc) is 2.75. The quantitative estimate of drug-likeness (QED) is 0.588. The zero-order valence-corrected chi connectivity index (χ0v) is 10.4. The number of fused-ring (bicyclic) bond motifs is 3. The molecule has 0 aliphatic carbocycles. The molecule has 5 nitrogen and oxygen atoms in total. The van der Waals surface area contributed by atoms with Gasteiger partial charge in [-0.25, -0.2) is 4.79 Å². The molecule has 6 heteroatoms. The Morgan fingerprint density at radius 2 is 2.11 bits per heavy atom. The Morgan fingerprint density at radius 3 is 2.84 bits per heavy atom. The third-order valence-corrected chi connectivity index (χ3v) is 3.19. The zero-order chi connectivity index (χ0) is 13.6. The van der Waals surface area contributed by atoms with E-state index in [0.717, 1.165) is 5.39 Å². The van der Waals surface area contributed by atoms with Crippen LogP contribution in [-0.4, -0.2) is 11.2 Å². The Balaban J connectivity index is 2.46. The second kappa shape index (κ2) is 4.07. The number of hydrogen-bond donors (Lipinski definition) is 3. The molecule has 3 rings (SSSR count). The van der Waals surface area contributed by atoms with E-state index in [1.54, 1.807) is 6.07 Å². The number of hydrogen-bond acceptors (Lipinski definition) is 3. The number of benzene rings is 2. The van der Waals surface area contributed by atoms with Crippen molar-refractivity contribution < 1.29 is 14.3 Å². The molecule has 1 aromatic heterocycles. The summed E-state index contributed by atoms with van der Waals surface area (Å²) in [6.07, 6.45) is -1.19. The van der Waals surface area contributed by atoms with E-state index in [0.29, 0.717) is 22.2 Å². The number of nitrogen functional groups attached to an aromatic ring is 1. The summed E-state index contributed by atoms with van der Waals surface area (Å²) in [7, 11) is 0. The average molecular weight is 277 g/mol. The van der Waals surface area contributed by atoms with Crippen LogP contribution in [0.3, 0.4) is 0 Å². The molecule has 0 aliphatic heterocycles. The van der Waals surface area contributed by atoms with Gasteiger partial charge < -0.3 is 15.3 Å². The molecule has 0 saturated carbocycles. The molecule has 0 spiro atoms. The van der Waals surface area contributed by atoms with Gasteiger partial charge in [0.1, 0.15) is 5.58 Å². The Labute approximate surface area is 112 Å². The molecule has 4 N–H and O–H groups in total. The van der Waals surface area contributed by atoms with E-state index in [4.69, 9.17) is 26.9 Å². The van der Waals surface area contributed by atoms with Crippen molar-refractivity contribution in [2.24, 2.45) is 0 Å². The van der Waals surface area contributed by atoms with Crippen LogP contribution in [0.15, 0.2) is 34.7 Å². The standard InChI is InChI=1S/C13H9ClN2O3/c14-7-5-8(16-13(17)18)12-10(11(7)15)6-3-1-2-4-9(6)19-12/h1-5,16H,15H2,(H,17,18). The van der Waals surface area contributed by atoms with Gasteiger partial charge in [-0.2, -0.15) is 0 Å². The van der Waals surface area contributed by atoms with Crippen molar-refractivity contribution in [3.8, 4) is 0 Å². The van der Waals surface area contributed by atoms with E-state index in [1.807, 2.05) is 18.2 Å². The molecule has 96 valence electrons. The first kappa shape index (κ1) is 11.7. The Kier molecular flexibility index (Phi) is 2.50. The lowest BCUT2D eigenvalue weighted by Gasteiger charge is -2.05. The van der Waals surface area contributed by atoms with Crippen LogP contribution in [0.2, 0.25) is 5.02 Å². The third kappa shape index (κ3) is 1.75. The van der Waals surface area contributed by atoms with Crippen molar-refractivity contribution in [3.05, 3.63) is 35.4 Å². The topological polar surface area (TPSA) is 88.5 Å². The van der Waals surface area contributed by atoms with Crippen LogP contribution in [0.5, 0.6) is 0 Å². The van der Waals surface area contributed by atoms with Crippen LogP contribution in [0.1, 0.15) is 0 Å². The molecule has 0 fully saturated rings. The predicted molar refractivity (Wildman–Crippen MR) is 74.8 cm³/mol. The monoisotopic (exact) mass is 276 g/mol. The highest BCUT2D eigenvalue weighted by Gasteiger charge is 2.17. The molecular formula is C13H9ClN2O3. The van der Waals surface area contributed by atoms with Gasteiger partial charge in [-0.05, 0) is 12.1 Å². The lowest BCUT2D eigenvalue weighted by atomic mass is 10.1. The maximum atomic E-state index is 10.8. The first-order valence-electron chi connectivity index (χ1n) is 5.47. The summed E-state index contributed by atoms with van der Waals surface area (Å²) in [5, 5.41) is 12.8. The minimum atomic E-state index is -1.19. The van der Waals surface area contributed by atoms with Crippen LogP contribution in [0, 0.1) is 0 Å². The summed E-state index contributed by atoms with van der Waals surface area (Å²) in [5.74, 6) is 0. The first-order chi connectivity index (χ1) is 9.08. The first-order valence-corrected chi connectivity index (χ1v) is 5.85. The number of carboxylic acid groups (broad SMARTS) is 1. The zero-order valence-electron chi connectivity index (χ0n) is 9.61. The van der Waals surface area contributed by atoms with E-state index in [9.17, 15) is 4.79 Å². The number of rotatable bonds is 1. The van der Waals surface area contributed by atoms with Crippen molar-refractivity contribution in [3.63, 3.8) is 0 Å². The van der Waals surface area contributed by atoms with Gasteiger partial charge in [-0.1, -0.05) is 29.8 Å². The molecule has 3 aromatic rings. The minimum absolute atomic E-state index is 0.276. The van der Waals surface area contributed by atoms with Crippen molar-refractivity contribution >= 4 is 51.0 Å². The van der Waals surface area contributed by atoms with Crippen molar-refractivity contribution in [2.45, 2.75) is 0 Å². The molecule has 2 aromatic carbocycles. The molecule has 0 radical (unpaired) electrons. The molecule has 0 aliphatic rings. The Morgan fingerprint density at radius 1 is 1.37 bits per heavy atom. The lowest BCUT2D eigenvalue weighted by Crippen LogP contribution is -2.07. The van der Waals surface area contributed by atoms with Gasteiger partial charge in [0, 0.05) is 5.39 Å². The molecule has 1 amide bonds. The normalized spacial score (nSPS) is 11.0. The van der Waals surface area contributed by atoms with E-state index < -0.39 is 6.09 Å². The van der Waals surface area contributed by atoms with Crippen LogP contribution >= 0.6 is 11.6 Å². The molecule has 0 atom stereocenters. The number of furan rings is 1. The van der Waals surface area contributed by atoms with E-state index in [1.165, 1.54) is 6.07 Å². The van der Waals surface area contributed by atoms with Crippen LogP contribution in [0.4, 0.5) is 16.2 Å². The highest BCUT2D eigenvalue weighted by Crippen LogP contribution is 2.40. The Bertz CT molecular complexity index is 810. The van der Waals surface area contributed by atoms with Crippen LogP contribution in [-0.2, 0) is 0 Å². The largest absolute Gasteiger partial charge is 0.465 e. The highest BCUT2D eigenvalue weighted by molar-refractivity contribution is 6.36. The number of halogens is 1. The van der Waals surface area contributed by atoms with E-state index in [-0.39, 0.29) is 10.7 Å². The van der Waals surface area contributed by atoms with Gasteiger partial charge in [-0.3, -0.25) is 5.32 Å². The van der Waals surface area contributed by atoms with Crippen molar-refractivity contribution in [1.82, 2.24) is 0 Å².